The molecule has 0 aliphatic carbocycles. The summed E-state index contributed by atoms with van der Waals surface area (Å²) in [6.07, 6.45) is 0. The van der Waals surface area contributed by atoms with E-state index in [0.29, 0.717) is 0 Å². The fraction of sp³-hybridized carbons (Fsp3) is 0.174. The zero-order chi connectivity index (χ0) is 19.6. The van der Waals surface area contributed by atoms with Gasteiger partial charge in [0.2, 0.25) is 0 Å². The van der Waals surface area contributed by atoms with Crippen molar-refractivity contribution in [2.45, 2.75) is 10.5 Å². The number of ether oxygens (including phenoxy) is 2. The molecule has 2 atom stereocenters. The first-order valence-corrected chi connectivity index (χ1v) is 10.7. The van der Waals surface area contributed by atoms with E-state index in [1.54, 1.807) is 14.2 Å². The molecule has 3 aromatic carbocycles. The van der Waals surface area contributed by atoms with E-state index in [9.17, 15) is 4.79 Å². The normalized spacial score (nSPS) is 21.3. The fourth-order valence-electron chi connectivity index (χ4n) is 3.52. The summed E-state index contributed by atoms with van der Waals surface area (Å²) in [6, 6.07) is 27.6. The average molecular weight is 438 g/mol. The third-order valence-electron chi connectivity index (χ3n) is 4.92. The van der Waals surface area contributed by atoms with Crippen LogP contribution in [0.1, 0.15) is 11.6 Å². The monoisotopic (exact) mass is 439 g/mol. The van der Waals surface area contributed by atoms with E-state index in [1.807, 2.05) is 65.6 Å². The van der Waals surface area contributed by atoms with Crippen molar-refractivity contribution in [2.24, 2.45) is 0 Å². The van der Waals surface area contributed by atoms with Crippen LogP contribution >= 0.6 is 0 Å². The van der Waals surface area contributed by atoms with Crippen LogP contribution in [0.3, 0.4) is 0 Å². The van der Waals surface area contributed by atoms with Gasteiger partial charge in [0.15, 0.2) is 0 Å². The van der Waals surface area contributed by atoms with Crippen LogP contribution in [0.2, 0.25) is 0 Å². The molecule has 1 aliphatic heterocycles. The van der Waals surface area contributed by atoms with Crippen LogP contribution in [0.15, 0.2) is 84.9 Å². The zero-order valence-corrected chi connectivity index (χ0v) is 17.5. The number of carbonyl (C=O) groups is 1. The Morgan fingerprint density at radius 3 is 2.04 bits per heavy atom. The number of hydrogen-bond donors (Lipinski definition) is 0. The third-order valence-corrected chi connectivity index (χ3v) is 7.80. The van der Waals surface area contributed by atoms with Gasteiger partial charge in [-0.05, 0) is 0 Å². The molecule has 1 amide bonds. The van der Waals surface area contributed by atoms with Crippen LogP contribution in [0.5, 0.6) is 5.75 Å². The Labute approximate surface area is 171 Å². The second-order valence-electron chi connectivity index (χ2n) is 6.47. The van der Waals surface area contributed by atoms with Crippen LogP contribution in [0.25, 0.3) is 0 Å². The molecule has 142 valence electrons. The van der Waals surface area contributed by atoms with Gasteiger partial charge in [0.1, 0.15) is 0 Å². The number of hydrogen-bond acceptors (Lipinski definition) is 3. The standard InChI is InChI=1S/C23H21NO3Se/c1-26-19-15-13-18(14-16-19)24-21(17-9-5-3-6-10-17)23(27-2,22(24)25)28-20-11-7-4-8-12-20/h3-16,21H,1-2H3/t21-,23+/m1/s1. The molecule has 0 saturated carbocycles. The molecule has 0 bridgehead atoms. The van der Waals surface area contributed by atoms with Gasteiger partial charge in [-0.25, -0.2) is 0 Å². The van der Waals surface area contributed by atoms with Crippen LogP contribution in [0.4, 0.5) is 5.69 Å². The number of β-lactam (4-membered cyclic amide) rings is 1. The van der Waals surface area contributed by atoms with Gasteiger partial charge in [-0.1, -0.05) is 0 Å². The quantitative estimate of drug-likeness (QED) is 0.439. The Balaban J connectivity index is 1.76. The van der Waals surface area contributed by atoms with Gasteiger partial charge in [-0.15, -0.1) is 0 Å². The predicted molar refractivity (Wildman–Crippen MR) is 111 cm³/mol. The van der Waals surface area contributed by atoms with Crippen molar-refractivity contribution in [1.82, 2.24) is 0 Å². The van der Waals surface area contributed by atoms with E-state index < -0.39 is 4.50 Å². The first-order valence-electron chi connectivity index (χ1n) is 9.01. The van der Waals surface area contributed by atoms with Crippen molar-refractivity contribution in [2.75, 3.05) is 19.1 Å². The Morgan fingerprint density at radius 1 is 0.857 bits per heavy atom. The second-order valence-corrected chi connectivity index (χ2v) is 9.16. The SMILES string of the molecule is COc1ccc(N2C(=O)[C@@](OC)([Se]c3ccccc3)[C@H]2c2ccccc2)cc1. The second kappa shape index (κ2) is 7.80. The van der Waals surface area contributed by atoms with Crippen molar-refractivity contribution < 1.29 is 14.3 Å². The Morgan fingerprint density at radius 2 is 1.46 bits per heavy atom. The Kier molecular flexibility index (Phi) is 5.23. The third kappa shape index (κ3) is 3.12. The summed E-state index contributed by atoms with van der Waals surface area (Å²) in [4.78, 5) is 15.3. The van der Waals surface area contributed by atoms with E-state index >= 15 is 0 Å². The fourth-order valence-corrected chi connectivity index (χ4v) is 6.18. The van der Waals surface area contributed by atoms with Crippen LogP contribution in [-0.2, 0) is 9.53 Å². The van der Waals surface area contributed by atoms with E-state index in [2.05, 4.69) is 24.3 Å². The maximum absolute atomic E-state index is 13.4. The van der Waals surface area contributed by atoms with Crippen LogP contribution in [-0.4, -0.2) is 39.6 Å². The zero-order valence-electron chi connectivity index (χ0n) is 15.7. The van der Waals surface area contributed by atoms with Gasteiger partial charge in [0.25, 0.3) is 0 Å². The van der Waals surface area contributed by atoms with Crippen molar-refractivity contribution in [3.05, 3.63) is 90.5 Å². The number of rotatable bonds is 6. The molecule has 1 heterocycles. The summed E-state index contributed by atoms with van der Waals surface area (Å²) in [5.41, 5.74) is 1.91. The summed E-state index contributed by atoms with van der Waals surface area (Å²) < 4.78 is 11.5. The molecule has 0 aromatic heterocycles. The van der Waals surface area contributed by atoms with Crippen LogP contribution in [0, 0.1) is 0 Å². The Bertz CT molecular complexity index is 947. The average Bonchev–Trinajstić information content (AvgIpc) is 2.77. The Hall–Kier alpha value is -2.59. The molecule has 1 fully saturated rings. The summed E-state index contributed by atoms with van der Waals surface area (Å²) in [5.74, 6) is 0.761. The molecule has 0 radical (unpaired) electrons. The molecular formula is C23H21NO3Se. The molecular weight excluding hydrogens is 417 g/mol. The van der Waals surface area contributed by atoms with Crippen molar-refractivity contribution in [3.63, 3.8) is 0 Å². The minimum atomic E-state index is -0.865. The van der Waals surface area contributed by atoms with E-state index in [4.69, 9.17) is 9.47 Å². The van der Waals surface area contributed by atoms with Gasteiger partial charge in [0, 0.05) is 0 Å². The molecule has 1 aliphatic rings. The first kappa shape index (κ1) is 18.8. The van der Waals surface area contributed by atoms with Gasteiger partial charge in [0.05, 0.1) is 0 Å². The number of amides is 1. The van der Waals surface area contributed by atoms with Crippen molar-refractivity contribution >= 4 is 31.0 Å². The number of nitrogens with zero attached hydrogens (tertiary/aromatic N) is 1. The number of benzene rings is 3. The molecule has 28 heavy (non-hydrogen) atoms. The molecule has 0 N–H and O–H groups in total. The summed E-state index contributed by atoms with van der Waals surface area (Å²) >= 11 is -0.177. The summed E-state index contributed by atoms with van der Waals surface area (Å²) in [7, 11) is 3.28. The van der Waals surface area contributed by atoms with Gasteiger partial charge < -0.3 is 0 Å². The van der Waals surface area contributed by atoms with Gasteiger partial charge in [-0.3, -0.25) is 0 Å². The van der Waals surface area contributed by atoms with Gasteiger partial charge >= 0.3 is 171 Å². The van der Waals surface area contributed by atoms with Crippen LogP contribution < -0.4 is 14.1 Å². The van der Waals surface area contributed by atoms with E-state index in [1.165, 1.54) is 0 Å². The number of carbonyl (C=O) groups excluding carboxylic acids is 1. The number of methoxy groups -OCH3 is 2. The number of anilines is 1. The summed E-state index contributed by atoms with van der Waals surface area (Å²) in [5, 5.41) is 0. The molecule has 4 rings (SSSR count). The van der Waals surface area contributed by atoms with Crippen molar-refractivity contribution in [3.8, 4) is 5.75 Å². The molecule has 3 aromatic rings. The van der Waals surface area contributed by atoms with Crippen molar-refractivity contribution in [1.29, 1.82) is 0 Å². The van der Waals surface area contributed by atoms with E-state index in [-0.39, 0.29) is 26.9 Å². The summed E-state index contributed by atoms with van der Waals surface area (Å²) in [6.45, 7) is 0. The molecule has 4 nitrogen and oxygen atoms in total. The topological polar surface area (TPSA) is 38.8 Å². The molecule has 5 heteroatoms. The maximum atomic E-state index is 13.4. The first-order chi connectivity index (χ1) is 13.7. The molecule has 1 saturated heterocycles. The van der Waals surface area contributed by atoms with Gasteiger partial charge in [-0.2, -0.15) is 0 Å². The van der Waals surface area contributed by atoms with E-state index in [0.717, 1.165) is 21.5 Å². The molecule has 0 spiro atoms. The molecule has 0 unspecified atom stereocenters. The minimum absolute atomic E-state index is 0.00197. The predicted octanol–water partition coefficient (Wildman–Crippen LogP) is 3.16.